The number of imide groups is 1. The fourth-order valence-electron chi connectivity index (χ4n) is 11.6. The number of aryl methyl sites for hydroxylation is 1. The van der Waals surface area contributed by atoms with Gasteiger partial charge in [-0.1, -0.05) is 71.4 Å². The predicted molar refractivity (Wildman–Crippen MR) is 343 cm³/mol. The van der Waals surface area contributed by atoms with E-state index >= 15 is 4.79 Å². The lowest BCUT2D eigenvalue weighted by molar-refractivity contribution is -0.144. The van der Waals surface area contributed by atoms with Crippen LogP contribution in [0.1, 0.15) is 96.9 Å². The molecule has 95 heavy (non-hydrogen) atoms. The van der Waals surface area contributed by atoms with E-state index in [-0.39, 0.29) is 62.7 Å². The number of fused-ring (bicyclic) bond motifs is 5. The molecule has 516 valence electrons. The molecule has 4 aliphatic heterocycles. The summed E-state index contributed by atoms with van der Waals surface area (Å²) in [6, 6.07) is 1.35. The van der Waals surface area contributed by atoms with Gasteiger partial charge in [0.1, 0.15) is 48.3 Å². The van der Waals surface area contributed by atoms with Crippen LogP contribution in [0, 0.1) is 17.8 Å². The third-order valence-corrected chi connectivity index (χ3v) is 18.4. The molecule has 14 amide bonds. The fourth-order valence-corrected chi connectivity index (χ4v) is 12.2. The fraction of sp³-hybridized carbons (Fsp3) is 0.556. The molecule has 3 aromatic rings. The van der Waals surface area contributed by atoms with E-state index in [0.29, 0.717) is 34.1 Å². The van der Waals surface area contributed by atoms with Gasteiger partial charge < -0.3 is 83.7 Å². The van der Waals surface area contributed by atoms with Crippen molar-refractivity contribution in [3.05, 3.63) is 65.4 Å². The number of nitrogens with zero attached hydrogens (tertiary/aromatic N) is 2. The first kappa shape index (κ1) is 73.4. The lowest BCUT2D eigenvalue weighted by Crippen LogP contribution is -2.62. The van der Waals surface area contributed by atoms with Gasteiger partial charge in [0.05, 0.1) is 43.6 Å². The zero-order valence-corrected chi connectivity index (χ0v) is 54.8. The number of aliphatic hydroxyl groups excluding tert-OH is 3. The van der Waals surface area contributed by atoms with Gasteiger partial charge in [-0.2, -0.15) is 11.8 Å². The number of hydrogen-bond donors (Lipinski definition) is 15. The van der Waals surface area contributed by atoms with E-state index in [0.717, 1.165) is 9.80 Å². The second-order valence-corrected chi connectivity index (χ2v) is 25.8. The molecule has 2 saturated heterocycles. The van der Waals surface area contributed by atoms with Crippen molar-refractivity contribution in [1.29, 1.82) is 0 Å². The van der Waals surface area contributed by atoms with Crippen molar-refractivity contribution in [2.24, 2.45) is 17.8 Å². The van der Waals surface area contributed by atoms with Crippen LogP contribution in [-0.2, 0) is 86.5 Å². The minimum absolute atomic E-state index is 0.0414. The maximum absolute atomic E-state index is 15.0. The predicted octanol–water partition coefficient (Wildman–Crippen LogP) is -3.51. The molecule has 31 nitrogen and oxygen atoms in total. The molecule has 7 rings (SSSR count). The summed E-state index contributed by atoms with van der Waals surface area (Å²) in [6.07, 6.45) is -2.96. The van der Waals surface area contributed by atoms with Crippen molar-refractivity contribution in [3.63, 3.8) is 0 Å². The molecule has 2 aromatic carbocycles. The monoisotopic (exact) mass is 1340 g/mol. The molecule has 2 fully saturated rings. The molecular weight excluding hydrogens is 1260 g/mol. The summed E-state index contributed by atoms with van der Waals surface area (Å²) >= 11 is 1.24. The molecule has 15 N–H and O–H groups in total. The summed E-state index contributed by atoms with van der Waals surface area (Å²) in [4.78, 5) is 199. The Hall–Kier alpha value is -9.01. The molecule has 1 aromatic heterocycles. The number of aromatic amines is 1. The smallest absolute Gasteiger partial charge is 0.246 e. The van der Waals surface area contributed by atoms with Gasteiger partial charge >= 0.3 is 0 Å². The van der Waals surface area contributed by atoms with Crippen LogP contribution in [0.3, 0.4) is 0 Å². The highest BCUT2D eigenvalue weighted by molar-refractivity contribution is 8.00. The van der Waals surface area contributed by atoms with E-state index in [4.69, 9.17) is 0 Å². The topological polar surface area (TPSA) is 454 Å². The van der Waals surface area contributed by atoms with E-state index in [1.165, 1.54) is 37.7 Å². The molecule has 32 heteroatoms. The number of benzene rings is 2. The average Bonchev–Trinajstić information content (AvgIpc) is 1.77. The van der Waals surface area contributed by atoms with Gasteiger partial charge in [-0.3, -0.25) is 72.0 Å². The van der Waals surface area contributed by atoms with Crippen molar-refractivity contribution in [2.45, 2.75) is 165 Å². The number of nitrogens with one attached hydrogen (secondary N) is 12. The number of amides is 14. The lowest BCUT2D eigenvalue weighted by atomic mass is 9.93. The Bertz CT molecular complexity index is 3400. The number of H-pyrrole nitrogens is 1. The van der Waals surface area contributed by atoms with Gasteiger partial charge in [0.2, 0.25) is 82.7 Å². The molecule has 2 bridgehead atoms. The number of aliphatic hydroxyl groups is 3. The highest BCUT2D eigenvalue weighted by Crippen LogP contribution is 2.28. The van der Waals surface area contributed by atoms with Crippen LogP contribution < -0.4 is 58.5 Å². The Labute approximate surface area is 552 Å². The number of carbonyl (C=O) groups excluding carboxylic acids is 14. The first-order valence-corrected chi connectivity index (χ1v) is 32.9. The zero-order chi connectivity index (χ0) is 69.5. The van der Waals surface area contributed by atoms with Gasteiger partial charge in [0, 0.05) is 73.5 Å². The summed E-state index contributed by atoms with van der Waals surface area (Å²) in [5, 5.41) is 60.9. The summed E-state index contributed by atoms with van der Waals surface area (Å²) < 4.78 is 0. The van der Waals surface area contributed by atoms with E-state index in [1.807, 2.05) is 0 Å². The molecule has 0 spiro atoms. The zero-order valence-electron chi connectivity index (χ0n) is 54.0. The number of carbonyl (C=O) groups is 14. The number of para-hydroxylation sites is 1. The van der Waals surface area contributed by atoms with Crippen LogP contribution in [0.25, 0.3) is 10.9 Å². The van der Waals surface area contributed by atoms with Crippen LogP contribution in [0.15, 0.2) is 48.5 Å². The Morgan fingerprint density at radius 2 is 1.41 bits per heavy atom. The summed E-state index contributed by atoms with van der Waals surface area (Å²) in [5.41, 5.74) is 2.17. The van der Waals surface area contributed by atoms with Crippen LogP contribution in [0.5, 0.6) is 0 Å². The minimum Gasteiger partial charge on any atom is -0.394 e. The lowest BCUT2D eigenvalue weighted by Gasteiger charge is -2.33. The van der Waals surface area contributed by atoms with Gasteiger partial charge in [-0.15, -0.1) is 0 Å². The van der Waals surface area contributed by atoms with Gasteiger partial charge in [0.25, 0.3) is 0 Å². The average molecular weight is 1340 g/mol. The van der Waals surface area contributed by atoms with Gasteiger partial charge in [-0.05, 0) is 67.2 Å². The molecule has 0 saturated carbocycles. The Kier molecular flexibility index (Phi) is 25.8. The maximum Gasteiger partial charge on any atom is 0.246 e. The van der Waals surface area contributed by atoms with Crippen molar-refractivity contribution >= 4 is 111 Å². The Morgan fingerprint density at radius 3 is 2.07 bits per heavy atom. The minimum atomic E-state index is -1.83. The molecule has 13 atom stereocenters. The van der Waals surface area contributed by atoms with Gasteiger partial charge in [0.15, 0.2) is 0 Å². The van der Waals surface area contributed by atoms with Crippen LogP contribution in [-0.4, -0.2) is 218 Å². The van der Waals surface area contributed by atoms with E-state index in [2.05, 4.69) is 63.5 Å². The number of aromatic nitrogens is 1. The van der Waals surface area contributed by atoms with Crippen molar-refractivity contribution in [3.8, 4) is 0 Å². The SMILES string of the molecule is CCC(C)C1NC(=O)CNC(=O)C2Cc3c([nH]c4ccccc34)CCC(NC(=O)CNC1=O)C(=O)NC(CC(=O)NCc1ccc(NC(=O)[C@H](C)NC(=O)C(NC(=O)CCN3C(=O)CC(SC)C3=O)C(C)C)cc1)C(=O)N1CC(O)CC1C(=O)NC(C(C)C(O)CO)C(=O)N2. The Balaban J connectivity index is 1.13. The Morgan fingerprint density at radius 1 is 0.726 bits per heavy atom. The van der Waals surface area contributed by atoms with Gasteiger partial charge in [-0.25, -0.2) is 0 Å². The highest BCUT2D eigenvalue weighted by atomic mass is 32.2. The van der Waals surface area contributed by atoms with E-state index < -0.39 is 194 Å². The molecule has 12 unspecified atom stereocenters. The summed E-state index contributed by atoms with van der Waals surface area (Å²) in [5.74, 6) is -13.2. The van der Waals surface area contributed by atoms with E-state index in [1.54, 1.807) is 70.3 Å². The second-order valence-electron chi connectivity index (χ2n) is 24.7. The summed E-state index contributed by atoms with van der Waals surface area (Å²) in [6.45, 7) is 6.44. The quantitative estimate of drug-likeness (QED) is 0.0518. The standard InChI is InChI=1S/C63H86N14O17S/c1-8-31(4)53-59(90)66-26-49(83)70-41-18-17-40-38(37-11-9-10-12-39(37)69-40)22-42(56(87)65-27-50(84)74-53)71-61(92)54(32(5)45(80)29-78)75-58(89)44-21-36(79)28-77(44)62(93)43(72-57(41)88)23-48(82)64-25-34-13-15-35(16-14-34)68-55(86)33(6)67-60(91)52(30(2)3)73-47(81)19-20-76-51(85)24-46(95-7)63(76)94/h9-16,30-33,36,41-46,52-54,69,78-80H,8,17-29H2,1-7H3,(H,64,82)(H,65,87)(H,66,90)(H,67,91)(H,68,86)(H,70,83)(H,71,92)(H,72,88)(H,73,81)(H,74,84)(H,75,89)/t31?,32?,33-,36?,41?,42?,43?,44?,45?,46?,52?,53?,54?/m0/s1. The first-order valence-electron chi connectivity index (χ1n) is 31.7. The number of thioether (sulfide) groups is 1. The molecule has 4 aliphatic rings. The number of hydrogen-bond acceptors (Lipinski definition) is 18. The van der Waals surface area contributed by atoms with Crippen LogP contribution >= 0.6 is 11.8 Å². The van der Waals surface area contributed by atoms with E-state index in [9.17, 15) is 77.6 Å². The molecule has 0 radical (unpaired) electrons. The third-order valence-electron chi connectivity index (χ3n) is 17.5. The normalized spacial score (nSPS) is 24.5. The first-order chi connectivity index (χ1) is 45.1. The largest absolute Gasteiger partial charge is 0.394 e. The van der Waals surface area contributed by atoms with Crippen molar-refractivity contribution in [1.82, 2.24) is 68.0 Å². The van der Waals surface area contributed by atoms with Crippen molar-refractivity contribution < 1.29 is 82.4 Å². The van der Waals surface area contributed by atoms with Crippen molar-refractivity contribution in [2.75, 3.05) is 44.4 Å². The maximum atomic E-state index is 15.0. The van der Waals surface area contributed by atoms with Crippen LogP contribution in [0.4, 0.5) is 5.69 Å². The number of anilines is 1. The second kappa shape index (κ2) is 33.4. The third kappa shape index (κ3) is 19.1. The van der Waals surface area contributed by atoms with Crippen LogP contribution in [0.2, 0.25) is 0 Å². The number of likely N-dealkylation sites (tertiary alicyclic amines) is 1. The molecule has 5 heterocycles. The molecular formula is C63H86N14O17S. The summed E-state index contributed by atoms with van der Waals surface area (Å²) in [7, 11) is 0. The highest BCUT2D eigenvalue weighted by Gasteiger charge is 2.45. The molecule has 0 aliphatic carbocycles. The number of rotatable bonds is 19.